The topological polar surface area (TPSA) is 37.6 Å². The minimum Gasteiger partial charge on any atom is -0.343 e. The first-order valence-corrected chi connectivity index (χ1v) is 9.28. The summed E-state index contributed by atoms with van der Waals surface area (Å²) >= 11 is 0. The molecule has 0 aliphatic heterocycles. The highest BCUT2D eigenvalue weighted by Gasteiger charge is 2.20. The number of aryl methyl sites for hydroxylation is 3. The van der Waals surface area contributed by atoms with E-state index in [1.54, 1.807) is 0 Å². The van der Waals surface area contributed by atoms with Crippen LogP contribution in [0.3, 0.4) is 0 Å². The van der Waals surface area contributed by atoms with Gasteiger partial charge in [0.25, 0.3) is 0 Å². The van der Waals surface area contributed by atoms with Gasteiger partial charge in [-0.05, 0) is 63.4 Å². The van der Waals surface area contributed by atoms with Gasteiger partial charge < -0.3 is 9.30 Å². The number of amides is 1. The third kappa shape index (κ3) is 3.24. The number of imidazole rings is 1. The van der Waals surface area contributed by atoms with Crippen LogP contribution in [0.1, 0.15) is 36.2 Å². The number of likely N-dealkylation sites (N-methyl/N-ethyl adjacent to an activating group) is 1. The van der Waals surface area contributed by atoms with Crippen molar-refractivity contribution in [2.45, 2.75) is 41.0 Å². The van der Waals surface area contributed by atoms with Crippen molar-refractivity contribution in [2.24, 2.45) is 0 Å². The summed E-state index contributed by atoms with van der Waals surface area (Å²) in [6.07, 6.45) is 2.36. The van der Waals surface area contributed by atoms with Gasteiger partial charge in [-0.3, -0.25) is 4.79 Å². The standard InChI is InChI=1S/C22H27N3O/c1-6-24(7-2)20(26)14-19-21(18-11-10-15(3)17(5)13-18)23-22-16(4)9-8-12-25(19)22/h8-13H,6-7,14H2,1-5H3. The number of aromatic nitrogens is 2. The van der Waals surface area contributed by atoms with E-state index in [-0.39, 0.29) is 5.91 Å². The van der Waals surface area contributed by atoms with E-state index >= 15 is 0 Å². The lowest BCUT2D eigenvalue weighted by atomic mass is 10.0. The van der Waals surface area contributed by atoms with Crippen LogP contribution in [-0.4, -0.2) is 33.3 Å². The molecule has 0 bridgehead atoms. The van der Waals surface area contributed by atoms with Gasteiger partial charge in [-0.15, -0.1) is 0 Å². The number of carbonyl (C=O) groups excluding carboxylic acids is 1. The van der Waals surface area contributed by atoms with Gasteiger partial charge in [-0.25, -0.2) is 4.98 Å². The van der Waals surface area contributed by atoms with Crippen LogP contribution in [0.4, 0.5) is 0 Å². The van der Waals surface area contributed by atoms with Crippen molar-refractivity contribution >= 4 is 11.6 Å². The summed E-state index contributed by atoms with van der Waals surface area (Å²) in [6.45, 7) is 11.8. The molecule has 0 atom stereocenters. The molecule has 4 heteroatoms. The summed E-state index contributed by atoms with van der Waals surface area (Å²) in [5.41, 5.74) is 7.46. The molecule has 3 rings (SSSR count). The van der Waals surface area contributed by atoms with E-state index in [9.17, 15) is 4.79 Å². The van der Waals surface area contributed by atoms with E-state index in [0.717, 1.165) is 41.3 Å². The summed E-state index contributed by atoms with van der Waals surface area (Å²) in [4.78, 5) is 19.6. The Labute approximate surface area is 155 Å². The van der Waals surface area contributed by atoms with Crippen LogP contribution >= 0.6 is 0 Å². The Bertz CT molecular complexity index is 951. The third-order valence-corrected chi connectivity index (χ3v) is 5.16. The Balaban J connectivity index is 2.17. The van der Waals surface area contributed by atoms with Gasteiger partial charge >= 0.3 is 0 Å². The smallest absolute Gasteiger partial charge is 0.228 e. The average Bonchev–Trinajstić information content (AvgIpc) is 2.98. The van der Waals surface area contributed by atoms with E-state index < -0.39 is 0 Å². The molecule has 1 amide bonds. The largest absolute Gasteiger partial charge is 0.343 e. The first-order valence-electron chi connectivity index (χ1n) is 9.28. The van der Waals surface area contributed by atoms with Crippen LogP contribution in [-0.2, 0) is 11.2 Å². The van der Waals surface area contributed by atoms with E-state index in [4.69, 9.17) is 4.98 Å². The number of benzene rings is 1. The normalized spacial score (nSPS) is 11.1. The van der Waals surface area contributed by atoms with Crippen LogP contribution in [0.2, 0.25) is 0 Å². The lowest BCUT2D eigenvalue weighted by Crippen LogP contribution is -2.32. The second-order valence-corrected chi connectivity index (χ2v) is 6.83. The summed E-state index contributed by atoms with van der Waals surface area (Å²) in [5.74, 6) is 0.142. The van der Waals surface area contributed by atoms with Crippen molar-refractivity contribution in [3.05, 3.63) is 58.9 Å². The van der Waals surface area contributed by atoms with Crippen molar-refractivity contribution < 1.29 is 4.79 Å². The lowest BCUT2D eigenvalue weighted by Gasteiger charge is -2.19. The molecule has 0 fully saturated rings. The summed E-state index contributed by atoms with van der Waals surface area (Å²) in [6, 6.07) is 10.5. The van der Waals surface area contributed by atoms with Gasteiger partial charge in [0.05, 0.1) is 17.8 Å². The Kier molecular flexibility index (Phi) is 5.12. The van der Waals surface area contributed by atoms with Gasteiger partial charge in [-0.1, -0.05) is 18.2 Å². The molecule has 0 aliphatic carbocycles. The van der Waals surface area contributed by atoms with Crippen LogP contribution in [0.25, 0.3) is 16.9 Å². The molecule has 0 radical (unpaired) electrons. The molecule has 2 heterocycles. The summed E-state index contributed by atoms with van der Waals surface area (Å²) in [5, 5.41) is 0. The van der Waals surface area contributed by atoms with E-state index in [1.807, 2.05) is 31.0 Å². The fourth-order valence-corrected chi connectivity index (χ4v) is 3.37. The number of fused-ring (bicyclic) bond motifs is 1. The molecule has 0 saturated heterocycles. The molecule has 0 N–H and O–H groups in total. The van der Waals surface area contributed by atoms with Gasteiger partial charge in [0, 0.05) is 24.8 Å². The van der Waals surface area contributed by atoms with Gasteiger partial charge in [-0.2, -0.15) is 0 Å². The SMILES string of the molecule is CCN(CC)C(=O)Cc1c(-c2ccc(C)c(C)c2)nc2c(C)cccn12. The molecule has 3 aromatic rings. The van der Waals surface area contributed by atoms with E-state index in [1.165, 1.54) is 11.1 Å². The maximum atomic E-state index is 12.8. The number of nitrogens with zero attached hydrogens (tertiary/aromatic N) is 3. The monoisotopic (exact) mass is 349 g/mol. The summed E-state index contributed by atoms with van der Waals surface area (Å²) in [7, 11) is 0. The Morgan fingerprint density at radius 3 is 2.42 bits per heavy atom. The molecule has 0 spiro atoms. The lowest BCUT2D eigenvalue weighted by molar-refractivity contribution is -0.130. The minimum atomic E-state index is 0.142. The third-order valence-electron chi connectivity index (χ3n) is 5.16. The van der Waals surface area contributed by atoms with Crippen molar-refractivity contribution in [2.75, 3.05) is 13.1 Å². The summed E-state index contributed by atoms with van der Waals surface area (Å²) < 4.78 is 2.07. The zero-order valence-electron chi connectivity index (χ0n) is 16.3. The van der Waals surface area contributed by atoms with Crippen LogP contribution in [0.15, 0.2) is 36.5 Å². The zero-order chi connectivity index (χ0) is 18.8. The highest BCUT2D eigenvalue weighted by atomic mass is 16.2. The molecule has 0 saturated carbocycles. The van der Waals surface area contributed by atoms with E-state index in [2.05, 4.69) is 49.4 Å². The Morgan fingerprint density at radius 1 is 1.04 bits per heavy atom. The molecule has 136 valence electrons. The van der Waals surface area contributed by atoms with Crippen molar-refractivity contribution in [3.63, 3.8) is 0 Å². The number of carbonyl (C=O) groups is 1. The average molecular weight is 349 g/mol. The second kappa shape index (κ2) is 7.32. The fraction of sp³-hybridized carbons (Fsp3) is 0.364. The molecule has 4 nitrogen and oxygen atoms in total. The molecule has 0 aliphatic rings. The molecule has 1 aromatic carbocycles. The van der Waals surface area contributed by atoms with Crippen LogP contribution < -0.4 is 0 Å². The van der Waals surface area contributed by atoms with Gasteiger partial charge in [0.1, 0.15) is 5.65 Å². The highest BCUT2D eigenvalue weighted by molar-refractivity contribution is 5.82. The van der Waals surface area contributed by atoms with Gasteiger partial charge in [0.2, 0.25) is 5.91 Å². The quantitative estimate of drug-likeness (QED) is 0.687. The van der Waals surface area contributed by atoms with Crippen LogP contribution in [0.5, 0.6) is 0 Å². The zero-order valence-corrected chi connectivity index (χ0v) is 16.3. The number of hydrogen-bond donors (Lipinski definition) is 0. The number of rotatable bonds is 5. The predicted molar refractivity (Wildman–Crippen MR) is 106 cm³/mol. The van der Waals surface area contributed by atoms with Crippen molar-refractivity contribution in [3.8, 4) is 11.3 Å². The maximum absolute atomic E-state index is 12.8. The van der Waals surface area contributed by atoms with Crippen LogP contribution in [0, 0.1) is 20.8 Å². The maximum Gasteiger partial charge on any atom is 0.228 e. The highest BCUT2D eigenvalue weighted by Crippen LogP contribution is 2.28. The molecular formula is C22H27N3O. The number of pyridine rings is 1. The minimum absolute atomic E-state index is 0.142. The Morgan fingerprint density at radius 2 is 1.77 bits per heavy atom. The molecule has 0 unspecified atom stereocenters. The fourth-order valence-electron chi connectivity index (χ4n) is 3.37. The van der Waals surface area contributed by atoms with E-state index in [0.29, 0.717) is 6.42 Å². The Hall–Kier alpha value is -2.62. The number of hydrogen-bond acceptors (Lipinski definition) is 2. The van der Waals surface area contributed by atoms with Gasteiger partial charge in [0.15, 0.2) is 0 Å². The van der Waals surface area contributed by atoms with Crippen molar-refractivity contribution in [1.29, 1.82) is 0 Å². The second-order valence-electron chi connectivity index (χ2n) is 6.83. The predicted octanol–water partition coefficient (Wildman–Crippen LogP) is 4.34. The first kappa shape index (κ1) is 18.2. The molecule has 26 heavy (non-hydrogen) atoms. The molecule has 2 aromatic heterocycles. The first-order chi connectivity index (χ1) is 12.5. The van der Waals surface area contributed by atoms with Crippen molar-refractivity contribution in [1.82, 2.24) is 14.3 Å². The molecular weight excluding hydrogens is 322 g/mol.